The average Bonchev–Trinajstić information content (AvgIpc) is 2.90. The van der Waals surface area contributed by atoms with Crippen molar-refractivity contribution in [3.8, 4) is 0 Å². The molecule has 1 aromatic heterocycles. The van der Waals surface area contributed by atoms with E-state index in [1.807, 2.05) is 17.0 Å². The van der Waals surface area contributed by atoms with Crippen LogP contribution in [0, 0.1) is 5.92 Å². The lowest BCUT2D eigenvalue weighted by Gasteiger charge is -2.23. The molecule has 0 radical (unpaired) electrons. The van der Waals surface area contributed by atoms with Crippen LogP contribution in [0.2, 0.25) is 0 Å². The van der Waals surface area contributed by atoms with E-state index >= 15 is 0 Å². The van der Waals surface area contributed by atoms with Gasteiger partial charge >= 0.3 is 0 Å². The molecule has 0 aliphatic carbocycles. The van der Waals surface area contributed by atoms with Gasteiger partial charge in [-0.05, 0) is 40.4 Å². The maximum atomic E-state index is 12.4. The van der Waals surface area contributed by atoms with Gasteiger partial charge in [0.15, 0.2) is 0 Å². The highest BCUT2D eigenvalue weighted by atomic mass is 79.9. The minimum Gasteiger partial charge on any atom is -0.333 e. The van der Waals surface area contributed by atoms with Crippen molar-refractivity contribution < 1.29 is 4.79 Å². The second kappa shape index (κ2) is 4.38. The minimum absolute atomic E-state index is 0.0497. The monoisotopic (exact) mass is 295 g/mol. The first-order chi connectivity index (χ1) is 8.27. The van der Waals surface area contributed by atoms with E-state index in [1.54, 1.807) is 6.20 Å². The Bertz CT molecular complexity index is 451. The maximum absolute atomic E-state index is 12.4. The van der Waals surface area contributed by atoms with Gasteiger partial charge in [0.25, 0.3) is 5.91 Å². The summed E-state index contributed by atoms with van der Waals surface area (Å²) in [7, 11) is 0. The Morgan fingerprint density at radius 1 is 1.53 bits per heavy atom. The predicted molar refractivity (Wildman–Crippen MR) is 67.7 cm³/mol. The summed E-state index contributed by atoms with van der Waals surface area (Å²) < 4.78 is 0.777. The molecular formula is C12H14BrN3O. The van der Waals surface area contributed by atoms with E-state index in [4.69, 9.17) is 0 Å². The van der Waals surface area contributed by atoms with Crippen molar-refractivity contribution in [1.29, 1.82) is 0 Å². The number of rotatable bonds is 1. The van der Waals surface area contributed by atoms with Crippen LogP contribution in [0.3, 0.4) is 0 Å². The fourth-order valence-electron chi connectivity index (χ4n) is 2.78. The summed E-state index contributed by atoms with van der Waals surface area (Å²) in [6.07, 6.45) is 2.77. The van der Waals surface area contributed by atoms with Gasteiger partial charge < -0.3 is 10.2 Å². The largest absolute Gasteiger partial charge is 0.333 e. The molecule has 2 aliphatic heterocycles. The summed E-state index contributed by atoms with van der Waals surface area (Å²) in [4.78, 5) is 18.6. The maximum Gasteiger partial charge on any atom is 0.273 e. The van der Waals surface area contributed by atoms with Crippen LogP contribution < -0.4 is 5.32 Å². The molecule has 3 rings (SSSR count). The van der Waals surface area contributed by atoms with Gasteiger partial charge in [0.2, 0.25) is 0 Å². The number of nitrogens with zero attached hydrogens (tertiary/aromatic N) is 2. The Hall–Kier alpha value is -0.940. The molecule has 5 heteroatoms. The van der Waals surface area contributed by atoms with Crippen LogP contribution in [0.15, 0.2) is 22.8 Å². The first-order valence-corrected chi connectivity index (χ1v) is 6.69. The fraction of sp³-hybridized carbons (Fsp3) is 0.500. The molecular weight excluding hydrogens is 282 g/mol. The molecule has 4 nitrogen and oxygen atoms in total. The van der Waals surface area contributed by atoms with Crippen molar-refractivity contribution in [2.45, 2.75) is 12.5 Å². The van der Waals surface area contributed by atoms with E-state index in [2.05, 4.69) is 26.2 Å². The molecule has 2 saturated heterocycles. The highest BCUT2D eigenvalue weighted by Crippen LogP contribution is 2.29. The Kier molecular flexibility index (Phi) is 2.88. The summed E-state index contributed by atoms with van der Waals surface area (Å²) in [5, 5.41) is 3.35. The van der Waals surface area contributed by atoms with E-state index in [0.717, 1.165) is 30.5 Å². The summed E-state index contributed by atoms with van der Waals surface area (Å²) in [5.41, 5.74) is 0.528. The summed E-state index contributed by atoms with van der Waals surface area (Å²) in [6, 6.07) is 4.04. The highest BCUT2D eigenvalue weighted by Gasteiger charge is 2.40. The number of hydrogen-bond acceptors (Lipinski definition) is 3. The predicted octanol–water partition coefficient (Wildman–Crippen LogP) is 1.28. The number of nitrogens with one attached hydrogen (secondary N) is 1. The third-order valence-electron chi connectivity index (χ3n) is 3.67. The van der Waals surface area contributed by atoms with Crippen LogP contribution in [0.1, 0.15) is 16.9 Å². The number of pyridine rings is 1. The van der Waals surface area contributed by atoms with Gasteiger partial charge in [-0.1, -0.05) is 0 Å². The number of fused-ring (bicyclic) bond motifs is 1. The van der Waals surface area contributed by atoms with Gasteiger partial charge in [0.1, 0.15) is 5.69 Å². The third-order valence-corrected chi connectivity index (χ3v) is 4.31. The molecule has 3 heterocycles. The number of hydrogen-bond donors (Lipinski definition) is 1. The zero-order chi connectivity index (χ0) is 11.8. The molecule has 0 spiro atoms. The van der Waals surface area contributed by atoms with Crippen molar-refractivity contribution in [3.63, 3.8) is 0 Å². The quantitative estimate of drug-likeness (QED) is 0.849. The summed E-state index contributed by atoms with van der Waals surface area (Å²) in [6.45, 7) is 2.82. The van der Waals surface area contributed by atoms with E-state index < -0.39 is 0 Å². The average molecular weight is 296 g/mol. The molecule has 2 atom stereocenters. The fourth-order valence-corrected chi connectivity index (χ4v) is 3.20. The van der Waals surface area contributed by atoms with E-state index in [0.29, 0.717) is 17.7 Å². The Morgan fingerprint density at radius 3 is 3.24 bits per heavy atom. The van der Waals surface area contributed by atoms with Gasteiger partial charge in [0.05, 0.1) is 0 Å². The topological polar surface area (TPSA) is 45.2 Å². The lowest BCUT2D eigenvalue weighted by Crippen LogP contribution is -2.39. The molecule has 2 aliphatic rings. The van der Waals surface area contributed by atoms with Crippen molar-refractivity contribution in [2.24, 2.45) is 5.92 Å². The Labute approximate surface area is 109 Å². The van der Waals surface area contributed by atoms with E-state index in [9.17, 15) is 4.79 Å². The van der Waals surface area contributed by atoms with Gasteiger partial charge in [-0.2, -0.15) is 0 Å². The zero-order valence-corrected chi connectivity index (χ0v) is 11.0. The molecule has 0 unspecified atom stereocenters. The van der Waals surface area contributed by atoms with Crippen LogP contribution in [-0.4, -0.2) is 41.5 Å². The van der Waals surface area contributed by atoms with Crippen LogP contribution in [0.4, 0.5) is 0 Å². The SMILES string of the molecule is O=C(c1ncccc1Br)N1CC[C@H]2CNC[C@H]21. The standard InChI is InChI=1S/C12H14BrN3O/c13-9-2-1-4-15-11(9)12(17)16-5-3-8-6-14-7-10(8)16/h1-2,4,8,10,14H,3,5-7H2/t8-,10+/m0/s1. The van der Waals surface area contributed by atoms with Gasteiger partial charge in [0, 0.05) is 36.3 Å². The lowest BCUT2D eigenvalue weighted by atomic mass is 10.1. The van der Waals surface area contributed by atoms with Crippen molar-refractivity contribution in [2.75, 3.05) is 19.6 Å². The van der Waals surface area contributed by atoms with Crippen molar-refractivity contribution in [3.05, 3.63) is 28.5 Å². The number of carbonyl (C=O) groups excluding carboxylic acids is 1. The van der Waals surface area contributed by atoms with Crippen LogP contribution >= 0.6 is 15.9 Å². The third kappa shape index (κ3) is 1.87. The molecule has 0 bridgehead atoms. The first kappa shape index (κ1) is 11.2. The van der Waals surface area contributed by atoms with Crippen LogP contribution in [-0.2, 0) is 0 Å². The number of halogens is 1. The minimum atomic E-state index is 0.0497. The molecule has 0 aromatic carbocycles. The molecule has 0 saturated carbocycles. The number of likely N-dealkylation sites (tertiary alicyclic amines) is 1. The van der Waals surface area contributed by atoms with Crippen LogP contribution in [0.25, 0.3) is 0 Å². The molecule has 17 heavy (non-hydrogen) atoms. The van der Waals surface area contributed by atoms with Crippen molar-refractivity contribution >= 4 is 21.8 Å². The Morgan fingerprint density at radius 2 is 2.41 bits per heavy atom. The molecule has 1 aromatic rings. The second-order valence-corrected chi connectivity index (χ2v) is 5.46. The van der Waals surface area contributed by atoms with Gasteiger partial charge in [-0.25, -0.2) is 4.98 Å². The molecule has 1 amide bonds. The highest BCUT2D eigenvalue weighted by molar-refractivity contribution is 9.10. The normalized spacial score (nSPS) is 27.2. The number of carbonyl (C=O) groups is 1. The summed E-state index contributed by atoms with van der Waals surface area (Å²) >= 11 is 3.39. The lowest BCUT2D eigenvalue weighted by molar-refractivity contribution is 0.0730. The molecule has 2 fully saturated rings. The first-order valence-electron chi connectivity index (χ1n) is 5.89. The molecule has 90 valence electrons. The number of amides is 1. The van der Waals surface area contributed by atoms with Gasteiger partial charge in [-0.15, -0.1) is 0 Å². The smallest absolute Gasteiger partial charge is 0.273 e. The van der Waals surface area contributed by atoms with Gasteiger partial charge in [-0.3, -0.25) is 4.79 Å². The van der Waals surface area contributed by atoms with E-state index in [-0.39, 0.29) is 5.91 Å². The van der Waals surface area contributed by atoms with E-state index in [1.165, 1.54) is 0 Å². The van der Waals surface area contributed by atoms with Crippen LogP contribution in [0.5, 0.6) is 0 Å². The second-order valence-electron chi connectivity index (χ2n) is 4.61. The number of aromatic nitrogens is 1. The molecule has 1 N–H and O–H groups in total. The zero-order valence-electron chi connectivity index (χ0n) is 9.40. The summed E-state index contributed by atoms with van der Waals surface area (Å²) in [5.74, 6) is 0.676. The Balaban J connectivity index is 1.85. The van der Waals surface area contributed by atoms with Crippen molar-refractivity contribution in [1.82, 2.24) is 15.2 Å².